The van der Waals surface area contributed by atoms with Crippen LogP contribution in [0, 0.1) is 3.77 Å². The Morgan fingerprint density at radius 1 is 1.55 bits per heavy atom. The van der Waals surface area contributed by atoms with Crippen molar-refractivity contribution in [3.8, 4) is 0 Å². The Labute approximate surface area is 142 Å². The highest BCUT2D eigenvalue weighted by molar-refractivity contribution is 14.1. The standard InChI is InChI=1S/C12H8BrIN2O3S/c1-2-3-16-11(18)7(10(17)15-12(16)20)4-6-5-8(13)9(14)19-6/h2,4-5H,1,3H2,(H,15,17,20)/b7-4-. The van der Waals surface area contributed by atoms with Gasteiger partial charge in [-0.05, 0) is 40.3 Å². The van der Waals surface area contributed by atoms with Gasteiger partial charge in [0, 0.05) is 29.1 Å². The smallest absolute Gasteiger partial charge is 0.266 e. The van der Waals surface area contributed by atoms with Gasteiger partial charge in [0.25, 0.3) is 11.8 Å². The van der Waals surface area contributed by atoms with E-state index < -0.39 is 11.8 Å². The molecular formula is C12H8BrIN2O3S. The van der Waals surface area contributed by atoms with E-state index in [0.717, 1.165) is 4.47 Å². The highest BCUT2D eigenvalue weighted by Crippen LogP contribution is 2.25. The molecule has 0 unspecified atom stereocenters. The van der Waals surface area contributed by atoms with Crippen molar-refractivity contribution in [1.82, 2.24) is 10.2 Å². The van der Waals surface area contributed by atoms with Gasteiger partial charge in [0.2, 0.25) is 0 Å². The van der Waals surface area contributed by atoms with Crippen LogP contribution in [0.1, 0.15) is 5.76 Å². The number of carbonyl (C=O) groups excluding carboxylic acids is 2. The highest BCUT2D eigenvalue weighted by atomic mass is 127. The van der Waals surface area contributed by atoms with E-state index in [9.17, 15) is 9.59 Å². The average Bonchev–Trinajstić information content (AvgIpc) is 2.69. The van der Waals surface area contributed by atoms with Crippen molar-refractivity contribution in [2.75, 3.05) is 6.54 Å². The van der Waals surface area contributed by atoms with Crippen LogP contribution >= 0.6 is 50.7 Å². The van der Waals surface area contributed by atoms with E-state index >= 15 is 0 Å². The predicted octanol–water partition coefficient (Wildman–Crippen LogP) is 2.46. The minimum Gasteiger partial charge on any atom is -0.450 e. The molecule has 0 atom stereocenters. The number of nitrogens with one attached hydrogen (secondary N) is 1. The maximum absolute atomic E-state index is 12.2. The topological polar surface area (TPSA) is 62.6 Å². The molecule has 1 aliphatic rings. The third-order valence-corrected chi connectivity index (χ3v) is 4.90. The number of hydrogen-bond acceptors (Lipinski definition) is 4. The Morgan fingerprint density at radius 3 is 2.80 bits per heavy atom. The van der Waals surface area contributed by atoms with Gasteiger partial charge >= 0.3 is 0 Å². The molecule has 1 aromatic rings. The third kappa shape index (κ3) is 3.01. The quantitative estimate of drug-likeness (QED) is 0.244. The molecule has 0 aliphatic carbocycles. The van der Waals surface area contributed by atoms with E-state index in [0.29, 0.717) is 9.53 Å². The first-order chi connectivity index (χ1) is 9.43. The molecular weight excluding hydrogens is 459 g/mol. The zero-order chi connectivity index (χ0) is 14.9. The fraction of sp³-hybridized carbons (Fsp3) is 0.0833. The molecule has 1 fully saturated rings. The fourth-order valence-electron chi connectivity index (χ4n) is 1.57. The first kappa shape index (κ1) is 15.4. The summed E-state index contributed by atoms with van der Waals surface area (Å²) in [5.74, 6) is -0.602. The summed E-state index contributed by atoms with van der Waals surface area (Å²) in [7, 11) is 0. The summed E-state index contributed by atoms with van der Waals surface area (Å²) in [6.45, 7) is 3.79. The van der Waals surface area contributed by atoms with Crippen molar-refractivity contribution in [2.24, 2.45) is 0 Å². The van der Waals surface area contributed by atoms with Gasteiger partial charge in [-0.1, -0.05) is 6.08 Å². The Hall–Kier alpha value is -1.000. The Kier molecular flexibility index (Phi) is 4.76. The van der Waals surface area contributed by atoms with Gasteiger partial charge in [-0.15, -0.1) is 6.58 Å². The molecule has 20 heavy (non-hydrogen) atoms. The molecule has 0 saturated carbocycles. The van der Waals surface area contributed by atoms with Gasteiger partial charge in [-0.3, -0.25) is 19.8 Å². The molecule has 0 spiro atoms. The summed E-state index contributed by atoms with van der Waals surface area (Å²) in [5.41, 5.74) is -0.0295. The first-order valence-corrected chi connectivity index (χ1v) is 7.66. The second kappa shape index (κ2) is 6.19. The monoisotopic (exact) mass is 466 g/mol. The summed E-state index contributed by atoms with van der Waals surface area (Å²) >= 11 is 10.3. The number of rotatable bonds is 3. The van der Waals surface area contributed by atoms with Crippen LogP contribution in [-0.4, -0.2) is 28.4 Å². The summed E-state index contributed by atoms with van der Waals surface area (Å²) in [5, 5.41) is 2.54. The normalized spacial score (nSPS) is 17.6. The fourth-order valence-corrected chi connectivity index (χ4v) is 2.53. The van der Waals surface area contributed by atoms with E-state index in [4.69, 9.17) is 16.6 Å². The lowest BCUT2D eigenvalue weighted by Crippen LogP contribution is -2.53. The molecule has 1 aromatic heterocycles. The summed E-state index contributed by atoms with van der Waals surface area (Å²) in [6.07, 6.45) is 2.92. The summed E-state index contributed by atoms with van der Waals surface area (Å²) < 4.78 is 6.79. The largest absolute Gasteiger partial charge is 0.450 e. The van der Waals surface area contributed by atoms with Gasteiger partial charge in [0.1, 0.15) is 11.3 Å². The number of furan rings is 1. The van der Waals surface area contributed by atoms with Crippen molar-refractivity contribution >= 4 is 73.7 Å². The van der Waals surface area contributed by atoms with Crippen LogP contribution in [-0.2, 0) is 9.59 Å². The molecule has 2 heterocycles. The van der Waals surface area contributed by atoms with E-state index in [1.54, 1.807) is 6.07 Å². The zero-order valence-electron chi connectivity index (χ0n) is 9.98. The lowest BCUT2D eigenvalue weighted by atomic mass is 10.1. The second-order valence-electron chi connectivity index (χ2n) is 3.79. The Morgan fingerprint density at radius 2 is 2.25 bits per heavy atom. The molecule has 8 heteroatoms. The molecule has 1 aliphatic heterocycles. The molecule has 104 valence electrons. The molecule has 1 N–H and O–H groups in total. The molecule has 1 saturated heterocycles. The van der Waals surface area contributed by atoms with Crippen LogP contribution in [0.3, 0.4) is 0 Å². The maximum Gasteiger partial charge on any atom is 0.266 e. The van der Waals surface area contributed by atoms with Crippen LogP contribution in [0.5, 0.6) is 0 Å². The van der Waals surface area contributed by atoms with Crippen molar-refractivity contribution < 1.29 is 14.0 Å². The first-order valence-electron chi connectivity index (χ1n) is 5.38. The highest BCUT2D eigenvalue weighted by Gasteiger charge is 2.32. The van der Waals surface area contributed by atoms with Gasteiger partial charge in [0.05, 0.1) is 4.47 Å². The van der Waals surface area contributed by atoms with Crippen molar-refractivity contribution in [2.45, 2.75) is 0 Å². The number of hydrogen-bond donors (Lipinski definition) is 1. The average molecular weight is 467 g/mol. The Balaban J connectivity index is 2.38. The molecule has 2 rings (SSSR count). The van der Waals surface area contributed by atoms with Gasteiger partial charge in [0.15, 0.2) is 8.88 Å². The molecule has 2 amide bonds. The maximum atomic E-state index is 12.2. The number of carbonyl (C=O) groups is 2. The van der Waals surface area contributed by atoms with Crippen LogP contribution in [0.4, 0.5) is 0 Å². The Bertz CT molecular complexity index is 634. The van der Waals surface area contributed by atoms with Crippen molar-refractivity contribution in [3.63, 3.8) is 0 Å². The van der Waals surface area contributed by atoms with Crippen LogP contribution in [0.2, 0.25) is 0 Å². The minimum absolute atomic E-state index is 0.0295. The van der Waals surface area contributed by atoms with Crippen molar-refractivity contribution in [1.29, 1.82) is 0 Å². The second-order valence-corrected chi connectivity index (χ2v) is 6.01. The molecule has 0 bridgehead atoms. The van der Waals surface area contributed by atoms with E-state index in [2.05, 4.69) is 27.8 Å². The number of halogens is 2. The van der Waals surface area contributed by atoms with Crippen LogP contribution in [0.15, 0.2) is 33.2 Å². The van der Waals surface area contributed by atoms with Gasteiger partial charge < -0.3 is 4.42 Å². The summed E-state index contributed by atoms with van der Waals surface area (Å²) in [4.78, 5) is 25.4. The van der Waals surface area contributed by atoms with Gasteiger partial charge in [-0.25, -0.2) is 0 Å². The number of nitrogens with zero attached hydrogens (tertiary/aromatic N) is 1. The van der Waals surface area contributed by atoms with E-state index in [1.165, 1.54) is 17.1 Å². The third-order valence-electron chi connectivity index (χ3n) is 2.45. The lowest BCUT2D eigenvalue weighted by Gasteiger charge is -2.27. The molecule has 0 radical (unpaired) electrons. The van der Waals surface area contributed by atoms with Crippen LogP contribution < -0.4 is 5.32 Å². The van der Waals surface area contributed by atoms with Crippen LogP contribution in [0.25, 0.3) is 6.08 Å². The lowest BCUT2D eigenvalue weighted by molar-refractivity contribution is -0.128. The summed E-state index contributed by atoms with van der Waals surface area (Å²) in [6, 6.07) is 1.68. The van der Waals surface area contributed by atoms with E-state index in [-0.39, 0.29) is 17.2 Å². The van der Waals surface area contributed by atoms with E-state index in [1.807, 2.05) is 22.6 Å². The van der Waals surface area contributed by atoms with Crippen molar-refractivity contribution in [3.05, 3.63) is 38.3 Å². The predicted molar refractivity (Wildman–Crippen MR) is 89.8 cm³/mol. The molecule has 0 aromatic carbocycles. The van der Waals surface area contributed by atoms with Gasteiger partial charge in [-0.2, -0.15) is 0 Å². The number of thiocarbonyl (C=S) groups is 1. The minimum atomic E-state index is -0.539. The zero-order valence-corrected chi connectivity index (χ0v) is 14.5. The SMILES string of the molecule is C=CCN1C(=O)/C(=C\c2cc(Br)c(I)o2)C(=O)NC1=S. The number of amides is 2. The molecule has 5 nitrogen and oxygen atoms in total.